The van der Waals surface area contributed by atoms with Crippen molar-refractivity contribution in [1.82, 2.24) is 0 Å². The van der Waals surface area contributed by atoms with Crippen molar-refractivity contribution in [1.29, 1.82) is 0 Å². The molecule has 1 aromatic carbocycles. The monoisotopic (exact) mass is 204 g/mol. The Morgan fingerprint density at radius 2 is 1.93 bits per heavy atom. The number of amides is 1. The van der Waals surface area contributed by atoms with Gasteiger partial charge in [-0.2, -0.15) is 0 Å². The van der Waals surface area contributed by atoms with Crippen molar-refractivity contribution < 1.29 is 9.59 Å². The zero-order valence-corrected chi connectivity index (χ0v) is 9.13. The van der Waals surface area contributed by atoms with Crippen LogP contribution in [0.15, 0.2) is 18.2 Å². The number of benzene rings is 1. The lowest BCUT2D eigenvalue weighted by Crippen LogP contribution is -2.16. The summed E-state index contributed by atoms with van der Waals surface area (Å²) in [5.74, 6) is -0.633. The highest BCUT2D eigenvalue weighted by Crippen LogP contribution is 2.15. The summed E-state index contributed by atoms with van der Waals surface area (Å²) in [5, 5.41) is 2.65. The van der Waals surface area contributed by atoms with Crippen LogP contribution < -0.4 is 5.32 Å². The smallest absolute Gasteiger partial charge is 0.236 e. The first-order valence-corrected chi connectivity index (χ1v) is 4.72. The molecule has 79 valence electrons. The van der Waals surface area contributed by atoms with Gasteiger partial charge in [0.05, 0.1) is 0 Å². The zero-order valence-electron chi connectivity index (χ0n) is 9.13. The highest BCUT2D eigenvalue weighted by molar-refractivity contribution is 6.13. The molecule has 0 spiro atoms. The van der Waals surface area contributed by atoms with Crippen molar-refractivity contribution in [2.75, 3.05) is 5.32 Å². The molecule has 1 radical (unpaired) electrons. The largest absolute Gasteiger partial charge is 0.325 e. The third-order valence-corrected chi connectivity index (χ3v) is 1.97. The SMILES string of the molecule is CC(=O)[CH]C(=O)Nc1ccc(C)cc1C. The molecule has 3 heteroatoms. The Hall–Kier alpha value is -1.64. The number of rotatable bonds is 3. The minimum Gasteiger partial charge on any atom is -0.325 e. The fourth-order valence-electron chi connectivity index (χ4n) is 1.31. The number of hydrogen-bond acceptors (Lipinski definition) is 2. The van der Waals surface area contributed by atoms with Crippen LogP contribution in [-0.4, -0.2) is 11.7 Å². The van der Waals surface area contributed by atoms with Gasteiger partial charge >= 0.3 is 0 Å². The number of nitrogens with one attached hydrogen (secondary N) is 1. The normalized spacial score (nSPS) is 9.80. The highest BCUT2D eigenvalue weighted by Gasteiger charge is 2.07. The van der Waals surface area contributed by atoms with Crippen molar-refractivity contribution in [3.8, 4) is 0 Å². The summed E-state index contributed by atoms with van der Waals surface area (Å²) < 4.78 is 0. The Morgan fingerprint density at radius 3 is 2.47 bits per heavy atom. The van der Waals surface area contributed by atoms with E-state index in [2.05, 4.69) is 5.32 Å². The average molecular weight is 204 g/mol. The van der Waals surface area contributed by atoms with Gasteiger partial charge in [-0.3, -0.25) is 9.59 Å². The summed E-state index contributed by atoms with van der Waals surface area (Å²) in [5.41, 5.74) is 2.87. The van der Waals surface area contributed by atoms with Gasteiger partial charge in [0.15, 0.2) is 0 Å². The maximum absolute atomic E-state index is 11.3. The van der Waals surface area contributed by atoms with E-state index < -0.39 is 0 Å². The van der Waals surface area contributed by atoms with Crippen LogP contribution >= 0.6 is 0 Å². The fraction of sp³-hybridized carbons (Fsp3) is 0.250. The molecule has 1 aromatic rings. The molecular weight excluding hydrogens is 190 g/mol. The molecule has 0 saturated carbocycles. The molecule has 1 amide bonds. The van der Waals surface area contributed by atoms with Gasteiger partial charge in [-0.1, -0.05) is 17.7 Å². The highest BCUT2D eigenvalue weighted by atomic mass is 16.2. The number of carbonyl (C=O) groups is 2. The van der Waals surface area contributed by atoms with E-state index in [-0.39, 0.29) is 11.7 Å². The second-order valence-electron chi connectivity index (χ2n) is 3.56. The van der Waals surface area contributed by atoms with Gasteiger partial charge in [0.2, 0.25) is 5.91 Å². The molecule has 0 aliphatic carbocycles. The van der Waals surface area contributed by atoms with Crippen LogP contribution in [0.5, 0.6) is 0 Å². The van der Waals surface area contributed by atoms with Crippen LogP contribution in [0.3, 0.4) is 0 Å². The van der Waals surface area contributed by atoms with Crippen molar-refractivity contribution in [3.05, 3.63) is 35.7 Å². The number of Topliss-reactive ketones (excluding diaryl/α,β-unsaturated/α-hetero) is 1. The molecule has 0 aliphatic rings. The van der Waals surface area contributed by atoms with E-state index in [1.807, 2.05) is 32.0 Å². The van der Waals surface area contributed by atoms with Crippen LogP contribution in [0.1, 0.15) is 18.1 Å². The topological polar surface area (TPSA) is 46.2 Å². The predicted molar refractivity (Wildman–Crippen MR) is 59.5 cm³/mol. The average Bonchev–Trinajstić information content (AvgIpc) is 2.08. The van der Waals surface area contributed by atoms with E-state index in [1.165, 1.54) is 6.92 Å². The molecule has 3 nitrogen and oxygen atoms in total. The number of hydrogen-bond donors (Lipinski definition) is 1. The molecule has 15 heavy (non-hydrogen) atoms. The Bertz CT molecular complexity index is 397. The minimum absolute atomic E-state index is 0.253. The zero-order chi connectivity index (χ0) is 11.4. The van der Waals surface area contributed by atoms with E-state index in [9.17, 15) is 9.59 Å². The molecule has 0 saturated heterocycles. The van der Waals surface area contributed by atoms with Gasteiger partial charge in [0.1, 0.15) is 12.2 Å². The predicted octanol–water partition coefficient (Wildman–Crippen LogP) is 2.04. The van der Waals surface area contributed by atoms with Gasteiger partial charge in [-0.15, -0.1) is 0 Å². The fourth-order valence-corrected chi connectivity index (χ4v) is 1.31. The minimum atomic E-state index is -0.380. The van der Waals surface area contributed by atoms with Gasteiger partial charge in [-0.05, 0) is 32.4 Å². The molecule has 0 aliphatic heterocycles. The molecule has 1 N–H and O–H groups in total. The summed E-state index contributed by atoms with van der Waals surface area (Å²) in [4.78, 5) is 21.9. The maximum atomic E-state index is 11.3. The van der Waals surface area contributed by atoms with Crippen LogP contribution in [-0.2, 0) is 9.59 Å². The van der Waals surface area contributed by atoms with Crippen LogP contribution in [0.2, 0.25) is 0 Å². The van der Waals surface area contributed by atoms with Gasteiger partial charge < -0.3 is 5.32 Å². The first kappa shape index (κ1) is 11.4. The van der Waals surface area contributed by atoms with Crippen molar-refractivity contribution in [2.45, 2.75) is 20.8 Å². The Balaban J connectivity index is 2.72. The Morgan fingerprint density at radius 1 is 1.27 bits per heavy atom. The van der Waals surface area contributed by atoms with E-state index in [0.717, 1.165) is 23.2 Å². The lowest BCUT2D eigenvalue weighted by Gasteiger charge is -2.07. The summed E-state index contributed by atoms with van der Waals surface area (Å²) in [6, 6.07) is 5.72. The van der Waals surface area contributed by atoms with Crippen LogP contribution in [0, 0.1) is 20.3 Å². The quantitative estimate of drug-likeness (QED) is 0.766. The molecule has 0 atom stereocenters. The Labute approximate surface area is 89.5 Å². The van der Waals surface area contributed by atoms with Crippen LogP contribution in [0.4, 0.5) is 5.69 Å². The van der Waals surface area contributed by atoms with Crippen LogP contribution in [0.25, 0.3) is 0 Å². The number of anilines is 1. The summed E-state index contributed by atoms with van der Waals surface area (Å²) >= 11 is 0. The van der Waals surface area contributed by atoms with Gasteiger partial charge in [0, 0.05) is 5.69 Å². The number of ketones is 1. The van der Waals surface area contributed by atoms with Crippen molar-refractivity contribution in [3.63, 3.8) is 0 Å². The molecule has 0 heterocycles. The molecular formula is C12H14NO2. The summed E-state index contributed by atoms with van der Waals surface area (Å²) in [6.45, 7) is 5.25. The summed E-state index contributed by atoms with van der Waals surface area (Å²) in [7, 11) is 0. The maximum Gasteiger partial charge on any atom is 0.236 e. The molecule has 0 unspecified atom stereocenters. The second-order valence-corrected chi connectivity index (χ2v) is 3.56. The van der Waals surface area contributed by atoms with Gasteiger partial charge in [-0.25, -0.2) is 0 Å². The molecule has 0 aromatic heterocycles. The van der Waals surface area contributed by atoms with Crippen molar-refractivity contribution in [2.24, 2.45) is 0 Å². The van der Waals surface area contributed by atoms with E-state index in [4.69, 9.17) is 0 Å². The van der Waals surface area contributed by atoms with E-state index >= 15 is 0 Å². The third kappa shape index (κ3) is 3.54. The molecule has 1 rings (SSSR count). The summed E-state index contributed by atoms with van der Waals surface area (Å²) in [6.07, 6.45) is 1.04. The third-order valence-electron chi connectivity index (χ3n) is 1.97. The van der Waals surface area contributed by atoms with Gasteiger partial charge in [0.25, 0.3) is 0 Å². The van der Waals surface area contributed by atoms with Crippen molar-refractivity contribution >= 4 is 17.4 Å². The van der Waals surface area contributed by atoms with E-state index in [0.29, 0.717) is 0 Å². The molecule has 0 bridgehead atoms. The lowest BCUT2D eigenvalue weighted by molar-refractivity contribution is -0.119. The second kappa shape index (κ2) is 4.73. The number of aryl methyl sites for hydroxylation is 2. The lowest BCUT2D eigenvalue weighted by atomic mass is 10.1. The Kier molecular flexibility index (Phi) is 3.61. The first-order chi connectivity index (χ1) is 6.99. The molecule has 0 fully saturated rings. The first-order valence-electron chi connectivity index (χ1n) is 4.72. The number of carbonyl (C=O) groups excluding carboxylic acids is 2. The standard InChI is InChI=1S/C12H14NO2/c1-8-4-5-11(9(2)6-8)13-12(15)7-10(3)14/h4-7H,1-3H3,(H,13,15). The van der Waals surface area contributed by atoms with E-state index in [1.54, 1.807) is 0 Å².